The molecular formula is C16H19FN4O2. The Hall–Kier alpha value is -2.41. The van der Waals surface area contributed by atoms with Crippen LogP contribution in [0.25, 0.3) is 0 Å². The number of urea groups is 1. The molecule has 122 valence electrons. The van der Waals surface area contributed by atoms with E-state index in [9.17, 15) is 9.18 Å². The average Bonchev–Trinajstić information content (AvgIpc) is 3.18. The number of hydrogen-bond acceptors (Lipinski definition) is 3. The van der Waals surface area contributed by atoms with Crippen LogP contribution in [0.15, 0.2) is 42.7 Å². The van der Waals surface area contributed by atoms with E-state index in [2.05, 4.69) is 10.4 Å². The molecule has 0 bridgehead atoms. The summed E-state index contributed by atoms with van der Waals surface area (Å²) in [5.41, 5.74) is 1.76. The van der Waals surface area contributed by atoms with Gasteiger partial charge in [0.05, 0.1) is 19.6 Å². The summed E-state index contributed by atoms with van der Waals surface area (Å²) in [6.45, 7) is 0.995. The minimum atomic E-state index is -1.14. The zero-order valence-electron chi connectivity index (χ0n) is 12.9. The number of carbonyl (C=O) groups excluding carboxylic acids is 1. The summed E-state index contributed by atoms with van der Waals surface area (Å²) >= 11 is 0. The molecule has 1 saturated heterocycles. The number of amides is 2. The highest BCUT2D eigenvalue weighted by atomic mass is 19.1. The third-order valence-electron chi connectivity index (χ3n) is 3.90. The minimum Gasteiger partial charge on any atom is -0.376 e. The number of anilines is 1. The van der Waals surface area contributed by atoms with Gasteiger partial charge in [0.25, 0.3) is 0 Å². The van der Waals surface area contributed by atoms with Gasteiger partial charge in [-0.15, -0.1) is 0 Å². The highest BCUT2D eigenvalue weighted by molar-refractivity contribution is 5.89. The summed E-state index contributed by atoms with van der Waals surface area (Å²) < 4.78 is 20.5. The van der Waals surface area contributed by atoms with E-state index >= 15 is 0 Å². The molecule has 0 saturated carbocycles. The second kappa shape index (κ2) is 6.78. The molecule has 1 aliphatic rings. The molecule has 2 heterocycles. The van der Waals surface area contributed by atoms with Crippen LogP contribution < -0.4 is 5.32 Å². The lowest BCUT2D eigenvalue weighted by Gasteiger charge is -2.16. The van der Waals surface area contributed by atoms with Crippen LogP contribution in [0, 0.1) is 0 Å². The summed E-state index contributed by atoms with van der Waals surface area (Å²) in [4.78, 5) is 13.6. The summed E-state index contributed by atoms with van der Waals surface area (Å²) in [6, 6.07) is 9.07. The number of likely N-dealkylation sites (tertiary alicyclic amines) is 1. The molecule has 1 fully saturated rings. The Kier molecular flexibility index (Phi) is 4.57. The van der Waals surface area contributed by atoms with Gasteiger partial charge in [-0.25, -0.2) is 9.18 Å². The van der Waals surface area contributed by atoms with Crippen LogP contribution in [0.5, 0.6) is 0 Å². The van der Waals surface area contributed by atoms with E-state index in [0.717, 1.165) is 5.56 Å². The Bertz CT molecular complexity index is 645. The number of hydrogen-bond donors (Lipinski definition) is 1. The van der Waals surface area contributed by atoms with Crippen molar-refractivity contribution in [2.45, 2.75) is 18.8 Å². The predicted octanol–water partition coefficient (Wildman–Crippen LogP) is 2.13. The predicted molar refractivity (Wildman–Crippen MR) is 84.1 cm³/mol. The standard InChI is InChI=1S/C16H19FN4O2/c1-23-15-11-20(10-14(15)17)16(22)19-13-5-3-12(4-6-13)9-21-8-2-7-18-21/h2-8,14-15H,9-11H2,1H3,(H,19,22)/t14-,15-/m0/s1. The minimum absolute atomic E-state index is 0.0573. The number of aromatic nitrogens is 2. The first-order chi connectivity index (χ1) is 11.2. The fourth-order valence-corrected chi connectivity index (χ4v) is 2.60. The van der Waals surface area contributed by atoms with Crippen molar-refractivity contribution in [1.29, 1.82) is 0 Å². The maximum atomic E-state index is 13.6. The first-order valence-electron chi connectivity index (χ1n) is 7.45. The molecule has 2 aromatic rings. The third kappa shape index (κ3) is 3.68. The van der Waals surface area contributed by atoms with Gasteiger partial charge in [0.1, 0.15) is 12.3 Å². The zero-order valence-corrected chi connectivity index (χ0v) is 12.9. The van der Waals surface area contributed by atoms with Crippen molar-refractivity contribution in [3.8, 4) is 0 Å². The number of rotatable bonds is 4. The Balaban J connectivity index is 1.57. The Morgan fingerprint density at radius 3 is 2.78 bits per heavy atom. The van der Waals surface area contributed by atoms with E-state index < -0.39 is 12.3 Å². The molecule has 1 N–H and O–H groups in total. The molecule has 2 amide bonds. The van der Waals surface area contributed by atoms with E-state index in [-0.39, 0.29) is 19.1 Å². The summed E-state index contributed by atoms with van der Waals surface area (Å²) in [5, 5.41) is 6.93. The first-order valence-corrected chi connectivity index (χ1v) is 7.45. The molecule has 0 radical (unpaired) electrons. The molecule has 3 rings (SSSR count). The van der Waals surface area contributed by atoms with E-state index in [1.54, 1.807) is 6.20 Å². The van der Waals surface area contributed by atoms with E-state index in [4.69, 9.17) is 4.74 Å². The number of methoxy groups -OCH3 is 1. The fraction of sp³-hybridized carbons (Fsp3) is 0.375. The smallest absolute Gasteiger partial charge is 0.322 e. The fourth-order valence-electron chi connectivity index (χ4n) is 2.60. The van der Waals surface area contributed by atoms with Gasteiger partial charge in [-0.2, -0.15) is 5.10 Å². The summed E-state index contributed by atoms with van der Waals surface area (Å²) in [5.74, 6) is 0. The molecule has 0 spiro atoms. The number of nitrogens with zero attached hydrogens (tertiary/aromatic N) is 3. The number of benzene rings is 1. The van der Waals surface area contributed by atoms with Crippen molar-refractivity contribution < 1.29 is 13.9 Å². The van der Waals surface area contributed by atoms with Gasteiger partial charge in [0.15, 0.2) is 0 Å². The quantitative estimate of drug-likeness (QED) is 0.939. The Morgan fingerprint density at radius 2 is 2.17 bits per heavy atom. The number of alkyl halides is 1. The van der Waals surface area contributed by atoms with Gasteiger partial charge in [0, 0.05) is 25.2 Å². The normalized spacial score (nSPS) is 20.7. The van der Waals surface area contributed by atoms with Crippen LogP contribution in [0.3, 0.4) is 0 Å². The van der Waals surface area contributed by atoms with Gasteiger partial charge >= 0.3 is 6.03 Å². The molecular weight excluding hydrogens is 299 g/mol. The maximum absolute atomic E-state index is 13.6. The van der Waals surface area contributed by atoms with Crippen LogP contribution in [0.4, 0.5) is 14.9 Å². The molecule has 1 aliphatic heterocycles. The van der Waals surface area contributed by atoms with Crippen LogP contribution in [-0.4, -0.2) is 53.2 Å². The van der Waals surface area contributed by atoms with Crippen molar-refractivity contribution in [3.05, 3.63) is 48.3 Å². The second-order valence-corrected chi connectivity index (χ2v) is 5.53. The molecule has 1 aromatic heterocycles. The first kappa shape index (κ1) is 15.5. The van der Waals surface area contributed by atoms with Crippen LogP contribution in [0.1, 0.15) is 5.56 Å². The number of ether oxygens (including phenoxy) is 1. The van der Waals surface area contributed by atoms with E-state index in [1.165, 1.54) is 12.0 Å². The van der Waals surface area contributed by atoms with Crippen molar-refractivity contribution in [1.82, 2.24) is 14.7 Å². The molecule has 23 heavy (non-hydrogen) atoms. The Morgan fingerprint density at radius 1 is 1.39 bits per heavy atom. The molecule has 7 heteroatoms. The molecule has 0 aliphatic carbocycles. The van der Waals surface area contributed by atoms with Crippen LogP contribution in [0.2, 0.25) is 0 Å². The second-order valence-electron chi connectivity index (χ2n) is 5.53. The molecule has 2 atom stereocenters. The lowest BCUT2D eigenvalue weighted by Crippen LogP contribution is -2.33. The van der Waals surface area contributed by atoms with Crippen LogP contribution in [-0.2, 0) is 11.3 Å². The van der Waals surface area contributed by atoms with Gasteiger partial charge < -0.3 is 15.0 Å². The van der Waals surface area contributed by atoms with Crippen molar-refractivity contribution in [3.63, 3.8) is 0 Å². The topological polar surface area (TPSA) is 59.4 Å². The van der Waals surface area contributed by atoms with Gasteiger partial charge in [-0.05, 0) is 23.8 Å². The van der Waals surface area contributed by atoms with Crippen molar-refractivity contribution in [2.75, 3.05) is 25.5 Å². The highest BCUT2D eigenvalue weighted by Gasteiger charge is 2.35. The molecule has 1 aromatic carbocycles. The number of halogens is 1. The Labute approximate surface area is 133 Å². The summed E-state index contributed by atoms with van der Waals surface area (Å²) in [6.07, 6.45) is 1.94. The van der Waals surface area contributed by atoms with E-state index in [0.29, 0.717) is 12.2 Å². The van der Waals surface area contributed by atoms with Gasteiger partial charge in [-0.3, -0.25) is 4.68 Å². The lowest BCUT2D eigenvalue weighted by atomic mass is 10.2. The van der Waals surface area contributed by atoms with Crippen LogP contribution >= 0.6 is 0 Å². The van der Waals surface area contributed by atoms with E-state index in [1.807, 2.05) is 41.2 Å². The lowest BCUT2D eigenvalue weighted by molar-refractivity contribution is 0.0631. The maximum Gasteiger partial charge on any atom is 0.322 e. The van der Waals surface area contributed by atoms with Crippen molar-refractivity contribution in [2.24, 2.45) is 0 Å². The van der Waals surface area contributed by atoms with Gasteiger partial charge in [0.2, 0.25) is 0 Å². The third-order valence-corrected chi connectivity index (χ3v) is 3.90. The SMILES string of the molecule is CO[C@H]1CN(C(=O)Nc2ccc(Cn3cccn3)cc2)C[C@@H]1F. The average molecular weight is 318 g/mol. The monoisotopic (exact) mass is 318 g/mol. The summed E-state index contributed by atoms with van der Waals surface area (Å²) in [7, 11) is 1.46. The molecule has 6 nitrogen and oxygen atoms in total. The number of nitrogens with one attached hydrogen (secondary N) is 1. The zero-order chi connectivity index (χ0) is 16.2. The number of carbonyl (C=O) groups is 1. The van der Waals surface area contributed by atoms with Crippen molar-refractivity contribution >= 4 is 11.7 Å². The largest absolute Gasteiger partial charge is 0.376 e. The van der Waals surface area contributed by atoms with Gasteiger partial charge in [-0.1, -0.05) is 12.1 Å². The highest BCUT2D eigenvalue weighted by Crippen LogP contribution is 2.18. The molecule has 0 unspecified atom stereocenters.